The highest BCUT2D eigenvalue weighted by molar-refractivity contribution is 5.75. The lowest BCUT2D eigenvalue weighted by Crippen LogP contribution is -2.25. The number of nitrogens with zero attached hydrogens (tertiary/aromatic N) is 2. The molecule has 0 aromatic rings. The molecule has 4 heteroatoms. The van der Waals surface area contributed by atoms with Gasteiger partial charge in [0.1, 0.15) is 0 Å². The highest BCUT2D eigenvalue weighted by Gasteiger charge is 2.02. The van der Waals surface area contributed by atoms with Crippen molar-refractivity contribution in [1.82, 2.24) is 5.32 Å². The molecule has 1 heterocycles. The third kappa shape index (κ3) is 1.61. The van der Waals surface area contributed by atoms with Gasteiger partial charge in [0.2, 0.25) is 0 Å². The zero-order chi connectivity index (χ0) is 6.53. The third-order valence-corrected chi connectivity index (χ3v) is 0.959. The van der Waals surface area contributed by atoms with E-state index in [-0.39, 0.29) is 0 Å². The van der Waals surface area contributed by atoms with Crippen LogP contribution in [0.3, 0.4) is 0 Å². The number of rotatable bonds is 0. The summed E-state index contributed by atoms with van der Waals surface area (Å²) in [5, 5.41) is 10.4. The quantitative estimate of drug-likeness (QED) is 0.361. The van der Waals surface area contributed by atoms with Crippen LogP contribution in [0.4, 0.5) is 0 Å². The van der Waals surface area contributed by atoms with E-state index in [0.717, 1.165) is 13.0 Å². The minimum absolute atomic E-state index is 0.351. The van der Waals surface area contributed by atoms with Gasteiger partial charge in [-0.15, -0.1) is 0 Å². The average Bonchev–Trinajstić information content (AvgIpc) is 1.91. The lowest BCUT2D eigenvalue weighted by atomic mass is 10.4. The minimum atomic E-state index is 0.351. The van der Waals surface area contributed by atoms with Crippen LogP contribution in [0.5, 0.6) is 0 Å². The molecule has 48 valence electrons. The van der Waals surface area contributed by atoms with Gasteiger partial charge in [-0.3, -0.25) is 0 Å². The summed E-state index contributed by atoms with van der Waals surface area (Å²) in [6, 6.07) is 0.351. The van der Waals surface area contributed by atoms with E-state index in [0.29, 0.717) is 12.6 Å². The van der Waals surface area contributed by atoms with Crippen LogP contribution in [-0.4, -0.2) is 19.2 Å². The molecule has 0 saturated carbocycles. The van der Waals surface area contributed by atoms with Crippen molar-refractivity contribution >= 4 is 6.02 Å². The lowest BCUT2D eigenvalue weighted by Gasteiger charge is -2.10. The molecule has 0 fully saturated rings. The number of aliphatic imine (C=N–C) groups is 1. The molecule has 0 spiro atoms. The van der Waals surface area contributed by atoms with Crippen molar-refractivity contribution in [2.75, 3.05) is 13.2 Å². The maximum absolute atomic E-state index is 8.10. The van der Waals surface area contributed by atoms with Crippen LogP contribution in [0, 0.1) is 11.5 Å². The SMILES string of the molecule is N#CNC1=NCCCO1. The first kappa shape index (κ1) is 5.89. The van der Waals surface area contributed by atoms with Gasteiger partial charge >= 0.3 is 0 Å². The van der Waals surface area contributed by atoms with Crippen LogP contribution in [-0.2, 0) is 4.74 Å². The average molecular weight is 125 g/mol. The highest BCUT2D eigenvalue weighted by atomic mass is 16.5. The predicted molar refractivity (Wildman–Crippen MR) is 31.6 cm³/mol. The van der Waals surface area contributed by atoms with Gasteiger partial charge in [-0.1, -0.05) is 0 Å². The maximum Gasteiger partial charge on any atom is 0.298 e. The Balaban J connectivity index is 2.39. The Bertz CT molecular complexity index is 158. The van der Waals surface area contributed by atoms with E-state index < -0.39 is 0 Å². The number of nitriles is 1. The summed E-state index contributed by atoms with van der Waals surface area (Å²) in [6.45, 7) is 1.41. The van der Waals surface area contributed by atoms with Crippen LogP contribution < -0.4 is 5.32 Å². The van der Waals surface area contributed by atoms with Crippen LogP contribution in [0.2, 0.25) is 0 Å². The Morgan fingerprint density at radius 1 is 1.78 bits per heavy atom. The number of hydrogen-bond donors (Lipinski definition) is 1. The van der Waals surface area contributed by atoms with E-state index in [9.17, 15) is 0 Å². The van der Waals surface area contributed by atoms with Crippen molar-refractivity contribution in [2.45, 2.75) is 6.42 Å². The van der Waals surface area contributed by atoms with Crippen molar-refractivity contribution < 1.29 is 4.74 Å². The molecule has 0 aliphatic carbocycles. The van der Waals surface area contributed by atoms with Crippen LogP contribution in [0.25, 0.3) is 0 Å². The normalized spacial score (nSPS) is 17.0. The number of ether oxygens (including phenoxy) is 1. The first-order valence-electron chi connectivity index (χ1n) is 2.76. The van der Waals surface area contributed by atoms with Gasteiger partial charge in [0, 0.05) is 13.0 Å². The van der Waals surface area contributed by atoms with E-state index in [1.54, 1.807) is 6.19 Å². The van der Waals surface area contributed by atoms with Crippen LogP contribution in [0.1, 0.15) is 6.42 Å². The van der Waals surface area contributed by atoms with Gasteiger partial charge < -0.3 is 4.74 Å². The van der Waals surface area contributed by atoms with E-state index in [4.69, 9.17) is 10.00 Å². The number of hydrogen-bond acceptors (Lipinski definition) is 4. The topological polar surface area (TPSA) is 57.4 Å². The molecule has 0 radical (unpaired) electrons. The van der Waals surface area contributed by atoms with E-state index in [1.807, 2.05) is 0 Å². The standard InChI is InChI=1S/C5H7N3O/c6-4-8-5-7-2-1-3-9-5/h1-3H2,(H,7,8). The maximum atomic E-state index is 8.10. The monoisotopic (exact) mass is 125 g/mol. The second-order valence-electron chi connectivity index (χ2n) is 1.63. The minimum Gasteiger partial charge on any atom is -0.465 e. The Kier molecular flexibility index (Phi) is 1.91. The molecule has 0 saturated heterocycles. The summed E-state index contributed by atoms with van der Waals surface area (Å²) in [6.07, 6.45) is 2.67. The molecule has 9 heavy (non-hydrogen) atoms. The Morgan fingerprint density at radius 3 is 3.22 bits per heavy atom. The van der Waals surface area contributed by atoms with Gasteiger partial charge in [0.15, 0.2) is 6.19 Å². The van der Waals surface area contributed by atoms with Gasteiger partial charge in [0.05, 0.1) is 6.61 Å². The summed E-state index contributed by atoms with van der Waals surface area (Å²) < 4.78 is 4.93. The molecule has 1 aliphatic heterocycles. The van der Waals surface area contributed by atoms with Crippen molar-refractivity contribution in [3.8, 4) is 6.19 Å². The Labute approximate surface area is 53.1 Å². The fraction of sp³-hybridized carbons (Fsp3) is 0.600. The van der Waals surface area contributed by atoms with Gasteiger partial charge in [-0.25, -0.2) is 10.3 Å². The number of nitrogens with one attached hydrogen (secondary N) is 1. The second-order valence-corrected chi connectivity index (χ2v) is 1.63. The molecule has 0 aromatic carbocycles. The smallest absolute Gasteiger partial charge is 0.298 e. The fourth-order valence-corrected chi connectivity index (χ4v) is 0.583. The molecule has 4 nitrogen and oxygen atoms in total. The second kappa shape index (κ2) is 2.92. The molecule has 0 bridgehead atoms. The van der Waals surface area contributed by atoms with Gasteiger partial charge in [0.25, 0.3) is 6.02 Å². The molecular weight excluding hydrogens is 118 g/mol. The molecule has 0 amide bonds. The van der Waals surface area contributed by atoms with Crippen molar-refractivity contribution in [3.05, 3.63) is 0 Å². The van der Waals surface area contributed by atoms with Crippen LogP contribution in [0.15, 0.2) is 4.99 Å². The first-order valence-corrected chi connectivity index (χ1v) is 2.76. The van der Waals surface area contributed by atoms with Gasteiger partial charge in [-0.2, -0.15) is 5.26 Å². The van der Waals surface area contributed by atoms with Crippen LogP contribution >= 0.6 is 0 Å². The summed E-state index contributed by atoms with van der Waals surface area (Å²) in [5.41, 5.74) is 0. The molecule has 0 aromatic heterocycles. The van der Waals surface area contributed by atoms with Crippen molar-refractivity contribution in [2.24, 2.45) is 4.99 Å². The number of amidine groups is 1. The molecule has 1 N–H and O–H groups in total. The van der Waals surface area contributed by atoms with E-state index in [1.165, 1.54) is 0 Å². The molecule has 0 atom stereocenters. The molecule has 1 aliphatic rings. The summed E-state index contributed by atoms with van der Waals surface area (Å²) >= 11 is 0. The molecule has 0 unspecified atom stereocenters. The van der Waals surface area contributed by atoms with E-state index >= 15 is 0 Å². The fourth-order valence-electron chi connectivity index (χ4n) is 0.583. The van der Waals surface area contributed by atoms with E-state index in [2.05, 4.69) is 10.3 Å². The lowest BCUT2D eigenvalue weighted by molar-refractivity contribution is 0.272. The largest absolute Gasteiger partial charge is 0.465 e. The van der Waals surface area contributed by atoms with Crippen molar-refractivity contribution in [1.29, 1.82) is 5.26 Å². The zero-order valence-electron chi connectivity index (χ0n) is 4.92. The first-order chi connectivity index (χ1) is 4.43. The molecule has 1 rings (SSSR count). The highest BCUT2D eigenvalue weighted by Crippen LogP contribution is 1.92. The summed E-state index contributed by atoms with van der Waals surface area (Å²) in [7, 11) is 0. The van der Waals surface area contributed by atoms with Crippen molar-refractivity contribution in [3.63, 3.8) is 0 Å². The van der Waals surface area contributed by atoms with Gasteiger partial charge in [-0.05, 0) is 0 Å². The summed E-state index contributed by atoms with van der Waals surface area (Å²) in [5.74, 6) is 0. The predicted octanol–water partition coefficient (Wildman–Crippen LogP) is -0.167. The molecular formula is C5H7N3O. The third-order valence-electron chi connectivity index (χ3n) is 0.959. The zero-order valence-corrected chi connectivity index (χ0v) is 4.92. The Hall–Kier alpha value is -1.24. The summed E-state index contributed by atoms with van der Waals surface area (Å²) in [4.78, 5) is 3.88. The Morgan fingerprint density at radius 2 is 2.67 bits per heavy atom.